The summed E-state index contributed by atoms with van der Waals surface area (Å²) in [5.41, 5.74) is 0.507. The van der Waals surface area contributed by atoms with Crippen LogP contribution >= 0.6 is 0 Å². The Labute approximate surface area is 130 Å². The third kappa shape index (κ3) is 4.67. The zero-order chi connectivity index (χ0) is 16.7. The van der Waals surface area contributed by atoms with Crippen LogP contribution in [0.4, 0.5) is 10.1 Å². The number of carbonyl (C=O) groups excluding carboxylic acids is 2. The van der Waals surface area contributed by atoms with E-state index in [1.54, 1.807) is 0 Å². The topological polar surface area (TPSA) is 90.1 Å². The van der Waals surface area contributed by atoms with Gasteiger partial charge in [-0.05, 0) is 24.3 Å². The number of hydrogen-bond acceptors (Lipinski definition) is 6. The number of benzene rings is 1. The average molecular weight is 320 g/mol. The predicted molar refractivity (Wildman–Crippen MR) is 78.4 cm³/mol. The van der Waals surface area contributed by atoms with E-state index in [0.717, 1.165) is 12.3 Å². The van der Waals surface area contributed by atoms with E-state index in [9.17, 15) is 14.0 Å². The van der Waals surface area contributed by atoms with E-state index < -0.39 is 17.7 Å². The van der Waals surface area contributed by atoms with Gasteiger partial charge in [0.25, 0.3) is 5.91 Å². The summed E-state index contributed by atoms with van der Waals surface area (Å²) in [5, 5.41) is 5.86. The van der Waals surface area contributed by atoms with Crippen molar-refractivity contribution < 1.29 is 28.0 Å². The highest BCUT2D eigenvalue weighted by atomic mass is 19.1. The van der Waals surface area contributed by atoms with Gasteiger partial charge in [-0.15, -0.1) is 0 Å². The lowest BCUT2D eigenvalue weighted by molar-refractivity contribution is -0.110. The molecule has 0 aliphatic rings. The van der Waals surface area contributed by atoms with Crippen molar-refractivity contribution in [3.05, 3.63) is 53.7 Å². The van der Waals surface area contributed by atoms with Crippen LogP contribution < -0.4 is 5.32 Å². The first-order valence-corrected chi connectivity index (χ1v) is 6.46. The van der Waals surface area contributed by atoms with Crippen LogP contribution in [0.2, 0.25) is 0 Å². The zero-order valence-electron chi connectivity index (χ0n) is 12.1. The van der Waals surface area contributed by atoms with Gasteiger partial charge in [0, 0.05) is 5.69 Å². The second kappa shape index (κ2) is 7.74. The van der Waals surface area contributed by atoms with E-state index in [4.69, 9.17) is 9.25 Å². The highest BCUT2D eigenvalue weighted by molar-refractivity contribution is 6.31. The molecule has 2 aromatic rings. The Morgan fingerprint density at radius 2 is 2.22 bits per heavy atom. The van der Waals surface area contributed by atoms with E-state index in [0.29, 0.717) is 5.69 Å². The lowest BCUT2D eigenvalue weighted by atomic mass is 10.2. The Balaban J connectivity index is 1.84. The number of methoxy groups -OCH3 is 1. The number of hydrogen-bond donors (Lipinski definition) is 1. The Hall–Kier alpha value is -3.16. The third-order valence-electron chi connectivity index (χ3n) is 2.68. The molecule has 1 aromatic heterocycles. The van der Waals surface area contributed by atoms with E-state index in [1.807, 2.05) is 0 Å². The van der Waals surface area contributed by atoms with Crippen molar-refractivity contribution in [3.8, 4) is 0 Å². The maximum Gasteiger partial charge on any atom is 0.341 e. The molecule has 0 fully saturated rings. The van der Waals surface area contributed by atoms with Crippen LogP contribution in [-0.4, -0.2) is 25.2 Å². The standard InChI is InChI=1S/C15H13FN2O5/c1-21-15(20)12-5-6-22-13(12)9-23-17-8-14(19)18-11-4-2-3-10(16)7-11/h2-8H,9H2,1H3,(H,18,19)/b17-8+. The maximum atomic E-state index is 13.0. The molecule has 0 unspecified atom stereocenters. The Bertz CT molecular complexity index is 726. The van der Waals surface area contributed by atoms with Crippen molar-refractivity contribution in [2.75, 3.05) is 12.4 Å². The van der Waals surface area contributed by atoms with Gasteiger partial charge in [-0.3, -0.25) is 4.79 Å². The van der Waals surface area contributed by atoms with Crippen LogP contribution in [0.25, 0.3) is 0 Å². The lowest BCUT2D eigenvalue weighted by Gasteiger charge is -2.01. The van der Waals surface area contributed by atoms with E-state index in [2.05, 4.69) is 15.2 Å². The number of nitrogens with zero attached hydrogens (tertiary/aromatic N) is 1. The van der Waals surface area contributed by atoms with Gasteiger partial charge in [-0.1, -0.05) is 11.2 Å². The largest absolute Gasteiger partial charge is 0.465 e. The number of nitrogens with one attached hydrogen (secondary N) is 1. The maximum absolute atomic E-state index is 13.0. The molecule has 0 saturated carbocycles. The number of rotatable bonds is 6. The van der Waals surface area contributed by atoms with Crippen molar-refractivity contribution in [1.29, 1.82) is 0 Å². The van der Waals surface area contributed by atoms with Crippen molar-refractivity contribution in [3.63, 3.8) is 0 Å². The van der Waals surface area contributed by atoms with E-state index in [1.165, 1.54) is 37.6 Å². The number of esters is 1. The molecule has 0 saturated heterocycles. The Kier molecular flexibility index (Phi) is 5.45. The van der Waals surface area contributed by atoms with Gasteiger partial charge in [-0.2, -0.15) is 0 Å². The molecule has 1 aromatic carbocycles. The summed E-state index contributed by atoms with van der Waals surface area (Å²) in [7, 11) is 1.24. The highest BCUT2D eigenvalue weighted by Crippen LogP contribution is 2.13. The number of oxime groups is 1. The fourth-order valence-electron chi connectivity index (χ4n) is 1.67. The number of anilines is 1. The molecule has 23 heavy (non-hydrogen) atoms. The van der Waals surface area contributed by atoms with E-state index in [-0.39, 0.29) is 17.9 Å². The molecule has 8 heteroatoms. The number of furan rings is 1. The van der Waals surface area contributed by atoms with Crippen LogP contribution in [0.3, 0.4) is 0 Å². The molecular weight excluding hydrogens is 307 g/mol. The normalized spacial score (nSPS) is 10.5. The van der Waals surface area contributed by atoms with Gasteiger partial charge in [0.1, 0.15) is 17.6 Å². The van der Waals surface area contributed by atoms with Gasteiger partial charge in [0.2, 0.25) is 0 Å². The third-order valence-corrected chi connectivity index (χ3v) is 2.68. The van der Waals surface area contributed by atoms with Crippen LogP contribution in [-0.2, 0) is 21.0 Å². The van der Waals surface area contributed by atoms with Gasteiger partial charge in [0.15, 0.2) is 12.4 Å². The summed E-state index contributed by atoms with van der Waals surface area (Å²) in [6.45, 7) is -0.152. The van der Waals surface area contributed by atoms with Crippen LogP contribution in [0.5, 0.6) is 0 Å². The number of halogens is 1. The lowest BCUT2D eigenvalue weighted by Crippen LogP contribution is -2.13. The first-order chi connectivity index (χ1) is 11.1. The average Bonchev–Trinajstić information content (AvgIpc) is 2.99. The van der Waals surface area contributed by atoms with Crippen LogP contribution in [0.15, 0.2) is 46.2 Å². The number of carbonyl (C=O) groups is 2. The second-order valence-corrected chi connectivity index (χ2v) is 4.26. The molecule has 0 spiro atoms. The molecule has 0 aliphatic heterocycles. The van der Waals surface area contributed by atoms with E-state index >= 15 is 0 Å². The second-order valence-electron chi connectivity index (χ2n) is 4.26. The minimum Gasteiger partial charge on any atom is -0.465 e. The van der Waals surface area contributed by atoms with Crippen LogP contribution in [0, 0.1) is 5.82 Å². The molecule has 1 heterocycles. The summed E-state index contributed by atoms with van der Waals surface area (Å²) in [4.78, 5) is 27.8. The zero-order valence-corrected chi connectivity index (χ0v) is 12.1. The van der Waals surface area contributed by atoms with Crippen LogP contribution in [0.1, 0.15) is 16.1 Å². The molecule has 1 amide bonds. The molecule has 0 atom stereocenters. The van der Waals surface area contributed by atoms with Gasteiger partial charge in [0.05, 0.1) is 13.4 Å². The number of amides is 1. The monoisotopic (exact) mass is 320 g/mol. The van der Waals surface area contributed by atoms with Crippen molar-refractivity contribution >= 4 is 23.8 Å². The Morgan fingerprint density at radius 1 is 1.39 bits per heavy atom. The van der Waals surface area contributed by atoms with Gasteiger partial charge >= 0.3 is 5.97 Å². The fourth-order valence-corrected chi connectivity index (χ4v) is 1.67. The fraction of sp³-hybridized carbons (Fsp3) is 0.133. The van der Waals surface area contributed by atoms with Crippen molar-refractivity contribution in [1.82, 2.24) is 0 Å². The summed E-state index contributed by atoms with van der Waals surface area (Å²) >= 11 is 0. The summed E-state index contributed by atoms with van der Waals surface area (Å²) in [6, 6.07) is 6.85. The minimum absolute atomic E-state index is 0.152. The summed E-state index contributed by atoms with van der Waals surface area (Å²) in [6.07, 6.45) is 2.19. The SMILES string of the molecule is COC(=O)c1ccoc1CO/N=C/C(=O)Nc1cccc(F)c1. The predicted octanol–water partition coefficient (Wildman–Crippen LogP) is 2.35. The Morgan fingerprint density at radius 3 is 2.96 bits per heavy atom. The minimum atomic E-state index is -0.594. The first-order valence-electron chi connectivity index (χ1n) is 6.46. The molecule has 1 N–H and O–H groups in total. The van der Waals surface area contributed by atoms with Gasteiger partial charge in [-0.25, -0.2) is 9.18 Å². The highest BCUT2D eigenvalue weighted by Gasteiger charge is 2.15. The van der Waals surface area contributed by atoms with Gasteiger partial charge < -0.3 is 19.3 Å². The molecule has 0 bridgehead atoms. The molecular formula is C15H13FN2O5. The van der Waals surface area contributed by atoms with Crippen molar-refractivity contribution in [2.24, 2.45) is 5.16 Å². The smallest absolute Gasteiger partial charge is 0.341 e. The molecule has 0 radical (unpaired) electrons. The number of ether oxygens (including phenoxy) is 1. The molecule has 0 aliphatic carbocycles. The summed E-state index contributed by atoms with van der Waals surface area (Å²) < 4.78 is 22.6. The summed E-state index contributed by atoms with van der Waals surface area (Å²) in [5.74, 6) is -1.41. The quantitative estimate of drug-likeness (QED) is 0.501. The van der Waals surface area contributed by atoms with Crippen molar-refractivity contribution in [2.45, 2.75) is 6.61 Å². The first kappa shape index (κ1) is 16.2. The molecule has 7 nitrogen and oxygen atoms in total. The molecule has 120 valence electrons. The molecule has 2 rings (SSSR count).